The van der Waals surface area contributed by atoms with Gasteiger partial charge in [-0.2, -0.15) is 0 Å². The quantitative estimate of drug-likeness (QED) is 0.649. The van der Waals surface area contributed by atoms with Crippen molar-refractivity contribution in [3.63, 3.8) is 0 Å². The molecule has 0 atom stereocenters. The van der Waals surface area contributed by atoms with Gasteiger partial charge in [-0.1, -0.05) is 53.6 Å². The molecule has 0 unspecified atom stereocenters. The Labute approximate surface area is 163 Å². The molecule has 0 spiro atoms. The Morgan fingerprint density at radius 3 is 2.70 bits per heavy atom. The molecule has 6 heteroatoms. The third-order valence-corrected chi connectivity index (χ3v) is 4.24. The molecular formula is C21H21ClN4O. The second-order valence-electron chi connectivity index (χ2n) is 6.24. The fourth-order valence-corrected chi connectivity index (χ4v) is 2.89. The number of hydrogen-bond acceptors (Lipinski definition) is 4. The zero-order valence-electron chi connectivity index (χ0n) is 15.1. The Bertz CT molecular complexity index is 929. The van der Waals surface area contributed by atoms with Gasteiger partial charge in [0, 0.05) is 24.3 Å². The number of carbonyl (C=O) groups is 1. The minimum absolute atomic E-state index is 0.225. The standard InChI is InChI=1S/C21H21ClN4O/c1-15-4-2-6-17(12-15)14-25-20(27)19-9-11-24-21(26-19)23-10-8-16-5-3-7-18(22)13-16/h2-7,9,11-13H,8,10,14H2,1H3,(H,25,27)(H,23,24,26). The lowest BCUT2D eigenvalue weighted by Crippen LogP contribution is -2.24. The number of aromatic nitrogens is 2. The molecule has 0 saturated carbocycles. The first-order valence-corrected chi connectivity index (χ1v) is 9.13. The molecule has 0 aliphatic heterocycles. The number of aryl methyl sites for hydroxylation is 1. The summed E-state index contributed by atoms with van der Waals surface area (Å²) in [7, 11) is 0. The van der Waals surface area contributed by atoms with Gasteiger partial charge in [0.2, 0.25) is 5.95 Å². The fourth-order valence-electron chi connectivity index (χ4n) is 2.68. The van der Waals surface area contributed by atoms with E-state index >= 15 is 0 Å². The summed E-state index contributed by atoms with van der Waals surface area (Å²) >= 11 is 5.99. The second-order valence-corrected chi connectivity index (χ2v) is 6.68. The molecule has 0 bridgehead atoms. The maximum atomic E-state index is 12.3. The van der Waals surface area contributed by atoms with E-state index in [0.717, 1.165) is 28.1 Å². The molecule has 0 aliphatic rings. The third kappa shape index (κ3) is 5.79. The Balaban J connectivity index is 1.53. The van der Waals surface area contributed by atoms with Gasteiger partial charge in [0.25, 0.3) is 5.91 Å². The van der Waals surface area contributed by atoms with E-state index in [1.165, 1.54) is 0 Å². The molecule has 138 valence electrons. The first-order valence-electron chi connectivity index (χ1n) is 8.75. The van der Waals surface area contributed by atoms with Gasteiger partial charge < -0.3 is 10.6 Å². The number of benzene rings is 2. The van der Waals surface area contributed by atoms with Crippen LogP contribution in [0.2, 0.25) is 5.02 Å². The molecule has 27 heavy (non-hydrogen) atoms. The first kappa shape index (κ1) is 18.9. The van der Waals surface area contributed by atoms with Gasteiger partial charge in [-0.25, -0.2) is 9.97 Å². The average molecular weight is 381 g/mol. The summed E-state index contributed by atoms with van der Waals surface area (Å²) in [6.07, 6.45) is 2.37. The number of carbonyl (C=O) groups excluding carboxylic acids is 1. The van der Waals surface area contributed by atoms with Gasteiger partial charge in [-0.15, -0.1) is 0 Å². The maximum Gasteiger partial charge on any atom is 0.270 e. The third-order valence-electron chi connectivity index (χ3n) is 4.01. The zero-order valence-corrected chi connectivity index (χ0v) is 15.8. The molecule has 1 amide bonds. The zero-order chi connectivity index (χ0) is 19.1. The number of nitrogens with zero attached hydrogens (tertiary/aromatic N) is 2. The fraction of sp³-hybridized carbons (Fsp3) is 0.190. The molecule has 1 aromatic heterocycles. The SMILES string of the molecule is Cc1cccc(CNC(=O)c2ccnc(NCCc3cccc(Cl)c3)n2)c1. The number of amides is 1. The van der Waals surface area contributed by atoms with Crippen LogP contribution in [0.5, 0.6) is 0 Å². The molecule has 0 radical (unpaired) electrons. The minimum atomic E-state index is -0.225. The van der Waals surface area contributed by atoms with E-state index in [-0.39, 0.29) is 5.91 Å². The van der Waals surface area contributed by atoms with Crippen molar-refractivity contribution in [3.8, 4) is 0 Å². The highest BCUT2D eigenvalue weighted by Crippen LogP contribution is 2.11. The van der Waals surface area contributed by atoms with E-state index in [4.69, 9.17) is 11.6 Å². The van der Waals surface area contributed by atoms with E-state index < -0.39 is 0 Å². The molecule has 3 aromatic rings. The highest BCUT2D eigenvalue weighted by Gasteiger charge is 2.08. The first-order chi connectivity index (χ1) is 13.1. The lowest BCUT2D eigenvalue weighted by molar-refractivity contribution is 0.0946. The molecule has 1 heterocycles. The van der Waals surface area contributed by atoms with Crippen LogP contribution in [0.3, 0.4) is 0 Å². The van der Waals surface area contributed by atoms with Gasteiger partial charge in [0.05, 0.1) is 0 Å². The summed E-state index contributed by atoms with van der Waals surface area (Å²) in [5.41, 5.74) is 3.68. The predicted molar refractivity (Wildman–Crippen MR) is 108 cm³/mol. The van der Waals surface area contributed by atoms with Crippen molar-refractivity contribution >= 4 is 23.5 Å². The average Bonchev–Trinajstić information content (AvgIpc) is 2.66. The van der Waals surface area contributed by atoms with Crippen LogP contribution >= 0.6 is 11.6 Å². The van der Waals surface area contributed by atoms with Gasteiger partial charge in [-0.05, 0) is 42.7 Å². The number of hydrogen-bond donors (Lipinski definition) is 2. The predicted octanol–water partition coefficient (Wildman–Crippen LogP) is 4.02. The highest BCUT2D eigenvalue weighted by molar-refractivity contribution is 6.30. The topological polar surface area (TPSA) is 66.9 Å². The van der Waals surface area contributed by atoms with Crippen LogP contribution in [0.4, 0.5) is 5.95 Å². The minimum Gasteiger partial charge on any atom is -0.354 e. The molecular weight excluding hydrogens is 360 g/mol. The van der Waals surface area contributed by atoms with Crippen LogP contribution in [-0.4, -0.2) is 22.4 Å². The van der Waals surface area contributed by atoms with Gasteiger partial charge >= 0.3 is 0 Å². The van der Waals surface area contributed by atoms with E-state index in [1.54, 1.807) is 12.3 Å². The Kier molecular flexibility index (Phi) is 6.39. The summed E-state index contributed by atoms with van der Waals surface area (Å²) in [6, 6.07) is 17.4. The maximum absolute atomic E-state index is 12.3. The summed E-state index contributed by atoms with van der Waals surface area (Å²) in [4.78, 5) is 20.8. The molecule has 0 aliphatic carbocycles. The summed E-state index contributed by atoms with van der Waals surface area (Å²) in [5.74, 6) is 0.206. The van der Waals surface area contributed by atoms with Crippen molar-refractivity contribution in [2.75, 3.05) is 11.9 Å². The van der Waals surface area contributed by atoms with E-state index in [0.29, 0.717) is 24.7 Å². The number of rotatable bonds is 7. The van der Waals surface area contributed by atoms with Gasteiger partial charge in [-0.3, -0.25) is 4.79 Å². The van der Waals surface area contributed by atoms with Crippen LogP contribution < -0.4 is 10.6 Å². The lowest BCUT2D eigenvalue weighted by Gasteiger charge is -2.08. The number of nitrogens with one attached hydrogen (secondary N) is 2. The lowest BCUT2D eigenvalue weighted by atomic mass is 10.1. The van der Waals surface area contributed by atoms with Crippen LogP contribution in [0.15, 0.2) is 60.8 Å². The summed E-state index contributed by atoms with van der Waals surface area (Å²) in [5, 5.41) is 6.75. The monoisotopic (exact) mass is 380 g/mol. The van der Waals surface area contributed by atoms with Gasteiger partial charge in [0.1, 0.15) is 5.69 Å². The molecule has 0 saturated heterocycles. The normalized spacial score (nSPS) is 10.4. The number of anilines is 1. The van der Waals surface area contributed by atoms with Crippen LogP contribution in [0, 0.1) is 6.92 Å². The van der Waals surface area contributed by atoms with Crippen molar-refractivity contribution in [2.24, 2.45) is 0 Å². The van der Waals surface area contributed by atoms with Crippen molar-refractivity contribution in [1.29, 1.82) is 0 Å². The Hall–Kier alpha value is -2.92. The largest absolute Gasteiger partial charge is 0.354 e. The van der Waals surface area contributed by atoms with E-state index in [9.17, 15) is 4.79 Å². The Morgan fingerprint density at radius 2 is 1.89 bits per heavy atom. The second kappa shape index (κ2) is 9.14. The highest BCUT2D eigenvalue weighted by atomic mass is 35.5. The smallest absolute Gasteiger partial charge is 0.270 e. The molecule has 2 N–H and O–H groups in total. The summed E-state index contributed by atoms with van der Waals surface area (Å²) < 4.78 is 0. The number of halogens is 1. The molecule has 5 nitrogen and oxygen atoms in total. The van der Waals surface area contributed by atoms with Crippen molar-refractivity contribution < 1.29 is 4.79 Å². The van der Waals surface area contributed by atoms with Crippen molar-refractivity contribution in [3.05, 3.63) is 88.2 Å². The van der Waals surface area contributed by atoms with Crippen LogP contribution in [0.1, 0.15) is 27.2 Å². The molecule has 0 fully saturated rings. The molecule has 2 aromatic carbocycles. The Morgan fingerprint density at radius 1 is 1.07 bits per heavy atom. The van der Waals surface area contributed by atoms with E-state index in [1.807, 2.05) is 55.5 Å². The molecule has 3 rings (SSSR count). The van der Waals surface area contributed by atoms with Crippen LogP contribution in [-0.2, 0) is 13.0 Å². The van der Waals surface area contributed by atoms with E-state index in [2.05, 4.69) is 20.6 Å². The van der Waals surface area contributed by atoms with Crippen LogP contribution in [0.25, 0.3) is 0 Å². The van der Waals surface area contributed by atoms with Crippen molar-refractivity contribution in [1.82, 2.24) is 15.3 Å². The van der Waals surface area contributed by atoms with Gasteiger partial charge in [0.15, 0.2) is 0 Å². The summed E-state index contributed by atoms with van der Waals surface area (Å²) in [6.45, 7) is 3.13. The van der Waals surface area contributed by atoms with Crippen molar-refractivity contribution in [2.45, 2.75) is 19.9 Å².